The molecule has 0 heteroatoms. The van der Waals surface area contributed by atoms with Gasteiger partial charge in [-0.05, 0) is 88.9 Å². The highest BCUT2D eigenvalue weighted by Crippen LogP contribution is 2.23. The molecule has 0 amide bonds. The van der Waals surface area contributed by atoms with Gasteiger partial charge in [0.05, 0.1) is 0 Å². The van der Waals surface area contributed by atoms with Crippen molar-refractivity contribution in [1.29, 1.82) is 0 Å². The van der Waals surface area contributed by atoms with Crippen molar-refractivity contribution in [1.82, 2.24) is 0 Å². The zero-order chi connectivity index (χ0) is 30.6. The van der Waals surface area contributed by atoms with Crippen LogP contribution in [0.15, 0.2) is 48.6 Å². The van der Waals surface area contributed by atoms with Crippen molar-refractivity contribution < 1.29 is 0 Å². The van der Waals surface area contributed by atoms with Crippen LogP contribution in [0.2, 0.25) is 0 Å². The number of hydrogen-bond donors (Lipinski definition) is 0. The van der Waals surface area contributed by atoms with Gasteiger partial charge in [-0.25, -0.2) is 0 Å². The Morgan fingerprint density at radius 1 is 0.310 bits per heavy atom. The number of allylic oxidation sites excluding steroid dienone is 8. The summed E-state index contributed by atoms with van der Waals surface area (Å²) in [6, 6.07) is 0. The number of rotatable bonds is 33. The molecule has 0 aliphatic heterocycles. The van der Waals surface area contributed by atoms with Gasteiger partial charge in [0.1, 0.15) is 0 Å². The van der Waals surface area contributed by atoms with Gasteiger partial charge in [0.25, 0.3) is 0 Å². The van der Waals surface area contributed by atoms with E-state index in [2.05, 4.69) is 76.3 Å². The second-order valence-electron chi connectivity index (χ2n) is 13.4. The molecule has 0 aliphatic carbocycles. The lowest BCUT2D eigenvalue weighted by molar-refractivity contribution is 0.341. The summed E-state index contributed by atoms with van der Waals surface area (Å²) >= 11 is 0. The molecule has 0 unspecified atom stereocenters. The molecule has 246 valence electrons. The van der Waals surface area contributed by atoms with Crippen molar-refractivity contribution in [3.05, 3.63) is 48.6 Å². The fourth-order valence-electron chi connectivity index (χ4n) is 5.91. The summed E-state index contributed by atoms with van der Waals surface area (Å²) in [5.41, 5.74) is 0. The summed E-state index contributed by atoms with van der Waals surface area (Å²) in [5, 5.41) is 0. The fourth-order valence-corrected chi connectivity index (χ4v) is 5.91. The Morgan fingerprint density at radius 2 is 0.571 bits per heavy atom. The predicted octanol–water partition coefficient (Wildman–Crippen LogP) is 15.4. The number of hydrogen-bond acceptors (Lipinski definition) is 0. The molecule has 0 saturated carbocycles. The molecule has 0 bridgehead atoms. The Kier molecular flexibility index (Phi) is 35.3. The summed E-state index contributed by atoms with van der Waals surface area (Å²) in [4.78, 5) is 0. The van der Waals surface area contributed by atoms with Crippen LogP contribution in [0.4, 0.5) is 0 Å². The highest BCUT2D eigenvalue weighted by atomic mass is 14.2. The first-order valence-corrected chi connectivity index (χ1v) is 19.3. The summed E-state index contributed by atoms with van der Waals surface area (Å²) in [6.45, 7) is 9.42. The Hall–Kier alpha value is -1.04. The second kappa shape index (κ2) is 36.2. The molecule has 0 radical (unpaired) electrons. The maximum Gasteiger partial charge on any atom is -0.0316 e. The first-order chi connectivity index (χ1) is 20.7. The van der Waals surface area contributed by atoms with E-state index in [0.29, 0.717) is 0 Å². The van der Waals surface area contributed by atoms with Crippen LogP contribution in [-0.4, -0.2) is 0 Å². The van der Waals surface area contributed by atoms with Crippen molar-refractivity contribution in [2.24, 2.45) is 11.8 Å². The minimum absolute atomic E-state index is 0.791. The standard InChI is InChI=1S/C42H78/c1-5-7-9-11-13-15-17-19-21-23-25-27-29-31-33-35-37-39-42(41(3)4)40-38-36-34-32-30-28-26-24-22-20-18-16-14-12-10-8-6-2/h25-28,33-36,41-42H,5-24,29-32,37-40H2,1-4H3/b27-25+,28-26+,35-33+,36-34+. The van der Waals surface area contributed by atoms with Gasteiger partial charge in [-0.1, -0.05) is 179 Å². The second-order valence-corrected chi connectivity index (χ2v) is 13.4. The predicted molar refractivity (Wildman–Crippen MR) is 196 cm³/mol. The first-order valence-electron chi connectivity index (χ1n) is 19.3. The van der Waals surface area contributed by atoms with Crippen LogP contribution in [0.3, 0.4) is 0 Å². The van der Waals surface area contributed by atoms with Gasteiger partial charge < -0.3 is 0 Å². The van der Waals surface area contributed by atoms with Crippen LogP contribution in [0.25, 0.3) is 0 Å². The van der Waals surface area contributed by atoms with E-state index >= 15 is 0 Å². The van der Waals surface area contributed by atoms with Crippen molar-refractivity contribution in [3.8, 4) is 0 Å². The van der Waals surface area contributed by atoms with Crippen molar-refractivity contribution in [2.75, 3.05) is 0 Å². The summed E-state index contributed by atoms with van der Waals surface area (Å²) < 4.78 is 0. The Labute approximate surface area is 267 Å². The van der Waals surface area contributed by atoms with Gasteiger partial charge in [0, 0.05) is 0 Å². The van der Waals surface area contributed by atoms with E-state index in [0.717, 1.165) is 11.8 Å². The van der Waals surface area contributed by atoms with E-state index in [9.17, 15) is 0 Å². The zero-order valence-corrected chi connectivity index (χ0v) is 29.6. The Bertz CT molecular complexity index is 554. The molecule has 0 nitrogen and oxygen atoms in total. The molecule has 0 N–H and O–H groups in total. The van der Waals surface area contributed by atoms with Crippen molar-refractivity contribution >= 4 is 0 Å². The quantitative estimate of drug-likeness (QED) is 0.0533. The molecule has 0 atom stereocenters. The van der Waals surface area contributed by atoms with E-state index in [1.165, 1.54) is 180 Å². The van der Waals surface area contributed by atoms with Crippen LogP contribution in [0, 0.1) is 11.8 Å². The molecule has 0 spiro atoms. The molecule has 0 aromatic carbocycles. The van der Waals surface area contributed by atoms with E-state index in [4.69, 9.17) is 0 Å². The minimum Gasteiger partial charge on any atom is -0.0885 e. The highest BCUT2D eigenvalue weighted by molar-refractivity contribution is 4.90. The summed E-state index contributed by atoms with van der Waals surface area (Å²) in [5.74, 6) is 1.64. The third-order valence-corrected chi connectivity index (χ3v) is 8.97. The van der Waals surface area contributed by atoms with Crippen LogP contribution >= 0.6 is 0 Å². The molecular formula is C42H78. The minimum atomic E-state index is 0.791. The molecule has 0 saturated heterocycles. The maximum atomic E-state index is 2.44. The van der Waals surface area contributed by atoms with Gasteiger partial charge in [0.15, 0.2) is 0 Å². The van der Waals surface area contributed by atoms with Crippen molar-refractivity contribution in [3.63, 3.8) is 0 Å². The molecular weight excluding hydrogens is 504 g/mol. The molecule has 0 aromatic heterocycles. The van der Waals surface area contributed by atoms with Gasteiger partial charge >= 0.3 is 0 Å². The van der Waals surface area contributed by atoms with E-state index in [-0.39, 0.29) is 0 Å². The molecule has 0 fully saturated rings. The van der Waals surface area contributed by atoms with Crippen LogP contribution < -0.4 is 0 Å². The average Bonchev–Trinajstić information content (AvgIpc) is 2.99. The lowest BCUT2D eigenvalue weighted by atomic mass is 9.87. The summed E-state index contributed by atoms with van der Waals surface area (Å²) in [6.07, 6.45) is 57.6. The van der Waals surface area contributed by atoms with Gasteiger partial charge in [-0.2, -0.15) is 0 Å². The lowest BCUT2D eigenvalue weighted by Crippen LogP contribution is -2.08. The summed E-state index contributed by atoms with van der Waals surface area (Å²) in [7, 11) is 0. The van der Waals surface area contributed by atoms with Crippen LogP contribution in [-0.2, 0) is 0 Å². The molecule has 0 heterocycles. The molecule has 0 aliphatic rings. The van der Waals surface area contributed by atoms with E-state index < -0.39 is 0 Å². The smallest absolute Gasteiger partial charge is 0.0316 e. The molecule has 42 heavy (non-hydrogen) atoms. The highest BCUT2D eigenvalue weighted by Gasteiger charge is 2.11. The normalized spacial score (nSPS) is 12.6. The SMILES string of the molecule is CCCCCCCCCCC/C=C/CC/C=C/CCC(CC/C=C/CC/C=C/CCCCCCCCCCC)C(C)C. The van der Waals surface area contributed by atoms with Crippen LogP contribution in [0.5, 0.6) is 0 Å². The Morgan fingerprint density at radius 3 is 0.881 bits per heavy atom. The topological polar surface area (TPSA) is 0 Å². The molecule has 0 aromatic rings. The van der Waals surface area contributed by atoms with Gasteiger partial charge in [-0.15, -0.1) is 0 Å². The zero-order valence-electron chi connectivity index (χ0n) is 29.6. The lowest BCUT2D eigenvalue weighted by Gasteiger charge is -2.19. The van der Waals surface area contributed by atoms with Gasteiger partial charge in [-0.3, -0.25) is 0 Å². The number of unbranched alkanes of at least 4 members (excludes halogenated alkanes) is 20. The van der Waals surface area contributed by atoms with E-state index in [1.54, 1.807) is 0 Å². The van der Waals surface area contributed by atoms with Crippen molar-refractivity contribution in [2.45, 2.75) is 207 Å². The Balaban J connectivity index is 3.62. The fraction of sp³-hybridized carbons (Fsp3) is 0.810. The monoisotopic (exact) mass is 583 g/mol. The molecule has 0 rings (SSSR count). The maximum absolute atomic E-state index is 2.44. The first kappa shape index (κ1) is 41.0. The largest absolute Gasteiger partial charge is 0.0885 e. The third kappa shape index (κ3) is 33.5. The van der Waals surface area contributed by atoms with E-state index in [1.807, 2.05) is 0 Å². The average molecular weight is 583 g/mol. The third-order valence-electron chi connectivity index (χ3n) is 8.97. The van der Waals surface area contributed by atoms with Crippen LogP contribution in [0.1, 0.15) is 207 Å². The van der Waals surface area contributed by atoms with Gasteiger partial charge in [0.2, 0.25) is 0 Å².